The molecule has 28 heavy (non-hydrogen) atoms. The molecule has 0 atom stereocenters. The van der Waals surface area contributed by atoms with E-state index in [1.54, 1.807) is 4.90 Å². The Morgan fingerprint density at radius 3 is 1.61 bits per heavy atom. The van der Waals surface area contributed by atoms with Crippen molar-refractivity contribution >= 4 is 17.1 Å². The average Bonchev–Trinajstić information content (AvgIpc) is 2.67. The fourth-order valence-corrected chi connectivity index (χ4v) is 2.93. The highest BCUT2D eigenvalue weighted by Crippen LogP contribution is 2.41. The molecule has 0 fully saturated rings. The Balaban J connectivity index is 3.57. The smallest absolute Gasteiger partial charge is 0.300 e. The predicted octanol–water partition coefficient (Wildman–Crippen LogP) is 4.98. The van der Waals surface area contributed by atoms with Crippen LogP contribution in [0, 0.1) is 20.2 Å². The Kier molecular flexibility index (Phi) is 10.4. The summed E-state index contributed by atoms with van der Waals surface area (Å²) in [5.74, 6) is 0. The molecule has 0 aliphatic carbocycles. The molecule has 0 aliphatic rings. The van der Waals surface area contributed by atoms with E-state index in [1.165, 1.54) is 12.1 Å². The monoisotopic (exact) mass is 397 g/mol. The van der Waals surface area contributed by atoms with Crippen LogP contribution in [-0.2, 0) is 9.47 Å². The number of hydrogen-bond acceptors (Lipinski definition) is 7. The van der Waals surface area contributed by atoms with Gasteiger partial charge in [-0.15, -0.1) is 0 Å². The van der Waals surface area contributed by atoms with Crippen molar-refractivity contribution in [1.82, 2.24) is 0 Å². The van der Waals surface area contributed by atoms with Crippen LogP contribution in [0.4, 0.5) is 17.1 Å². The molecule has 158 valence electrons. The SMILES string of the molecule is CCCOC(OCCC)c1cc([N+](=O)[O-])c(N(CCC)CCC)c([N+](=O)[O-])c1. The third kappa shape index (κ3) is 6.42. The van der Waals surface area contributed by atoms with Crippen LogP contribution in [0.2, 0.25) is 0 Å². The largest absolute Gasteiger partial charge is 0.360 e. The summed E-state index contributed by atoms with van der Waals surface area (Å²) in [6, 6.07) is 2.69. The fraction of sp³-hybridized carbons (Fsp3) is 0.684. The van der Waals surface area contributed by atoms with Gasteiger partial charge in [-0.3, -0.25) is 20.2 Å². The third-order valence-electron chi connectivity index (χ3n) is 4.01. The molecule has 0 spiro atoms. The van der Waals surface area contributed by atoms with Crippen LogP contribution in [0.25, 0.3) is 0 Å². The van der Waals surface area contributed by atoms with E-state index in [2.05, 4.69) is 0 Å². The number of hydrogen-bond donors (Lipinski definition) is 0. The van der Waals surface area contributed by atoms with Gasteiger partial charge in [0.2, 0.25) is 0 Å². The fourth-order valence-electron chi connectivity index (χ4n) is 2.93. The van der Waals surface area contributed by atoms with Crippen LogP contribution in [0.15, 0.2) is 12.1 Å². The first kappa shape index (κ1) is 23.8. The second kappa shape index (κ2) is 12.2. The van der Waals surface area contributed by atoms with E-state index in [-0.39, 0.29) is 22.6 Å². The Hall–Kier alpha value is -2.26. The first-order chi connectivity index (χ1) is 13.4. The van der Waals surface area contributed by atoms with Crippen LogP contribution in [0.3, 0.4) is 0 Å². The van der Waals surface area contributed by atoms with E-state index < -0.39 is 16.1 Å². The molecular weight excluding hydrogens is 366 g/mol. The summed E-state index contributed by atoms with van der Waals surface area (Å²) < 4.78 is 11.3. The van der Waals surface area contributed by atoms with Gasteiger partial charge in [0.05, 0.1) is 9.85 Å². The minimum absolute atomic E-state index is 0.0483. The first-order valence-electron chi connectivity index (χ1n) is 9.85. The maximum atomic E-state index is 11.8. The van der Waals surface area contributed by atoms with Crippen LogP contribution < -0.4 is 4.90 Å². The van der Waals surface area contributed by atoms with Gasteiger partial charge in [0.1, 0.15) is 0 Å². The second-order valence-electron chi connectivity index (χ2n) is 6.48. The number of nitro groups is 2. The zero-order chi connectivity index (χ0) is 21.1. The molecule has 0 saturated carbocycles. The number of anilines is 1. The summed E-state index contributed by atoms with van der Waals surface area (Å²) in [6.45, 7) is 9.49. The van der Waals surface area contributed by atoms with Gasteiger partial charge in [0, 0.05) is 44.0 Å². The van der Waals surface area contributed by atoms with Crippen molar-refractivity contribution in [2.24, 2.45) is 0 Å². The topological polar surface area (TPSA) is 108 Å². The molecule has 0 N–H and O–H groups in total. The van der Waals surface area contributed by atoms with Crippen molar-refractivity contribution in [3.8, 4) is 0 Å². The number of benzene rings is 1. The highest BCUT2D eigenvalue weighted by molar-refractivity contribution is 5.76. The quantitative estimate of drug-likeness (QED) is 0.247. The van der Waals surface area contributed by atoms with E-state index in [4.69, 9.17) is 9.47 Å². The highest BCUT2D eigenvalue weighted by Gasteiger charge is 2.32. The number of rotatable bonds is 14. The van der Waals surface area contributed by atoms with Gasteiger partial charge in [0.25, 0.3) is 11.4 Å². The Bertz CT molecular complexity index is 604. The lowest BCUT2D eigenvalue weighted by Crippen LogP contribution is -2.27. The van der Waals surface area contributed by atoms with Crippen LogP contribution in [0.1, 0.15) is 65.2 Å². The zero-order valence-electron chi connectivity index (χ0n) is 17.2. The van der Waals surface area contributed by atoms with Crippen molar-refractivity contribution in [3.63, 3.8) is 0 Å². The summed E-state index contributed by atoms with van der Waals surface area (Å²) in [5.41, 5.74) is -0.253. The molecule has 0 aliphatic heterocycles. The van der Waals surface area contributed by atoms with Crippen molar-refractivity contribution < 1.29 is 19.3 Å². The minimum atomic E-state index is -0.878. The zero-order valence-corrected chi connectivity index (χ0v) is 17.2. The third-order valence-corrected chi connectivity index (χ3v) is 4.01. The molecule has 1 aromatic carbocycles. The van der Waals surface area contributed by atoms with Crippen molar-refractivity contribution in [1.29, 1.82) is 0 Å². The number of nitro benzene ring substituents is 2. The number of ether oxygens (including phenoxy) is 2. The van der Waals surface area contributed by atoms with Crippen molar-refractivity contribution in [2.75, 3.05) is 31.2 Å². The average molecular weight is 397 g/mol. The van der Waals surface area contributed by atoms with E-state index in [0.717, 1.165) is 25.7 Å². The van der Waals surface area contributed by atoms with Crippen molar-refractivity contribution in [3.05, 3.63) is 37.9 Å². The van der Waals surface area contributed by atoms with Crippen LogP contribution in [0.5, 0.6) is 0 Å². The van der Waals surface area contributed by atoms with Crippen LogP contribution in [-0.4, -0.2) is 36.1 Å². The molecule has 0 radical (unpaired) electrons. The van der Waals surface area contributed by atoms with E-state index in [0.29, 0.717) is 26.3 Å². The van der Waals surface area contributed by atoms with Gasteiger partial charge in [-0.1, -0.05) is 27.7 Å². The molecule has 0 bridgehead atoms. The van der Waals surface area contributed by atoms with Gasteiger partial charge in [-0.25, -0.2) is 0 Å². The van der Waals surface area contributed by atoms with Gasteiger partial charge in [-0.2, -0.15) is 0 Å². The van der Waals surface area contributed by atoms with Crippen molar-refractivity contribution in [2.45, 2.75) is 59.7 Å². The molecule has 1 rings (SSSR count). The summed E-state index contributed by atoms with van der Waals surface area (Å²) in [6.07, 6.45) is 2.03. The highest BCUT2D eigenvalue weighted by atomic mass is 16.7. The minimum Gasteiger partial charge on any atom is -0.360 e. The molecule has 9 nitrogen and oxygen atoms in total. The van der Waals surface area contributed by atoms with E-state index >= 15 is 0 Å². The van der Waals surface area contributed by atoms with Gasteiger partial charge < -0.3 is 14.4 Å². The summed E-state index contributed by atoms with van der Waals surface area (Å²) in [4.78, 5) is 24.2. The molecule has 1 aromatic rings. The van der Waals surface area contributed by atoms with Gasteiger partial charge >= 0.3 is 0 Å². The first-order valence-corrected chi connectivity index (χ1v) is 9.85. The van der Waals surface area contributed by atoms with E-state index in [9.17, 15) is 20.2 Å². The Labute approximate surface area is 165 Å². The molecule has 0 aromatic heterocycles. The molecular formula is C19H31N3O6. The summed E-state index contributed by atoms with van der Waals surface area (Å²) in [7, 11) is 0. The Morgan fingerprint density at radius 2 is 1.29 bits per heavy atom. The number of nitrogens with zero attached hydrogens (tertiary/aromatic N) is 3. The van der Waals surface area contributed by atoms with Gasteiger partial charge in [0.15, 0.2) is 12.0 Å². The molecule has 0 amide bonds. The maximum absolute atomic E-state index is 11.8. The molecule has 0 heterocycles. The predicted molar refractivity (Wildman–Crippen MR) is 108 cm³/mol. The van der Waals surface area contributed by atoms with Gasteiger partial charge in [-0.05, 0) is 25.7 Å². The summed E-state index contributed by atoms with van der Waals surface area (Å²) in [5, 5.41) is 23.6. The van der Waals surface area contributed by atoms with E-state index in [1.807, 2.05) is 27.7 Å². The molecule has 0 unspecified atom stereocenters. The molecule has 0 saturated heterocycles. The molecule has 9 heteroatoms. The summed E-state index contributed by atoms with van der Waals surface area (Å²) >= 11 is 0. The standard InChI is InChI=1S/C19H31N3O6/c1-5-9-20(10-6-2)18-16(21(23)24)13-15(14-17(18)22(25)26)19(27-11-7-3)28-12-8-4/h13-14,19H,5-12H2,1-4H3. The van der Waals surface area contributed by atoms with Crippen LogP contribution >= 0.6 is 0 Å². The lowest BCUT2D eigenvalue weighted by atomic mass is 10.1. The normalized spacial score (nSPS) is 11.0. The lowest BCUT2D eigenvalue weighted by molar-refractivity contribution is -0.392. The second-order valence-corrected chi connectivity index (χ2v) is 6.48. The Morgan fingerprint density at radius 1 is 0.857 bits per heavy atom. The lowest BCUT2D eigenvalue weighted by Gasteiger charge is -2.24. The maximum Gasteiger partial charge on any atom is 0.300 e.